The fourth-order valence-corrected chi connectivity index (χ4v) is 4.75. The van der Waals surface area contributed by atoms with Crippen LogP contribution in [0.25, 0.3) is 0 Å². The number of benzene rings is 1. The molecule has 0 amide bonds. The van der Waals surface area contributed by atoms with Crippen LogP contribution >= 0.6 is 0 Å². The van der Waals surface area contributed by atoms with E-state index < -0.39 is 5.97 Å². The average molecular weight is 385 g/mol. The molecular weight excluding hydrogens is 352 g/mol. The lowest BCUT2D eigenvalue weighted by Crippen LogP contribution is -2.28. The molecule has 4 nitrogen and oxygen atoms in total. The maximum absolute atomic E-state index is 10.7. The van der Waals surface area contributed by atoms with Gasteiger partial charge in [0, 0.05) is 5.92 Å². The van der Waals surface area contributed by atoms with Gasteiger partial charge in [-0.05, 0) is 49.5 Å². The number of fused-ring (bicyclic) bond motifs is 2. The lowest BCUT2D eigenvalue weighted by Gasteiger charge is -2.29. The van der Waals surface area contributed by atoms with Gasteiger partial charge in [-0.15, -0.1) is 0 Å². The fourth-order valence-electron chi connectivity index (χ4n) is 4.75. The smallest absolute Gasteiger partial charge is 0.307 e. The largest absolute Gasteiger partial charge is 0.481 e. The molecule has 2 aliphatic rings. The highest BCUT2D eigenvalue weighted by molar-refractivity contribution is 5.68. The summed E-state index contributed by atoms with van der Waals surface area (Å²) in [5.74, 6) is 0.332. The Hall–Kier alpha value is -1.91. The zero-order valence-electron chi connectivity index (χ0n) is 16.6. The van der Waals surface area contributed by atoms with Crippen molar-refractivity contribution in [1.82, 2.24) is 0 Å². The molecule has 0 aromatic heterocycles. The number of ether oxygens (including phenoxy) is 1. The Labute approximate surface area is 167 Å². The molecule has 2 N–H and O–H groups in total. The topological polar surface area (TPSA) is 66.8 Å². The van der Waals surface area contributed by atoms with Gasteiger partial charge in [-0.3, -0.25) is 4.79 Å². The van der Waals surface area contributed by atoms with Crippen molar-refractivity contribution < 1.29 is 19.7 Å². The summed E-state index contributed by atoms with van der Waals surface area (Å²) >= 11 is 0. The van der Waals surface area contributed by atoms with E-state index in [4.69, 9.17) is 9.84 Å². The number of hydrogen-bond donors (Lipinski definition) is 2. The molecule has 2 aliphatic heterocycles. The molecule has 2 bridgehead atoms. The number of allylic oxidation sites excluding steroid dienone is 3. The highest BCUT2D eigenvalue weighted by Gasteiger charge is 2.47. The van der Waals surface area contributed by atoms with Crippen LogP contribution in [0.1, 0.15) is 56.9 Å². The molecule has 6 atom stereocenters. The number of carboxylic acid groups (broad SMARTS) is 1. The molecule has 0 spiro atoms. The molecule has 1 aromatic rings. The normalized spacial score (nSPS) is 28.9. The fraction of sp³-hybridized carbons (Fsp3) is 0.542. The van der Waals surface area contributed by atoms with Gasteiger partial charge in [-0.25, -0.2) is 0 Å². The highest BCUT2D eigenvalue weighted by atomic mass is 16.5. The summed E-state index contributed by atoms with van der Waals surface area (Å²) in [6.07, 6.45) is 13.0. The van der Waals surface area contributed by atoms with Crippen LogP contribution in [-0.2, 0) is 9.53 Å². The standard InChI is InChI=1S/C24H32O4/c1-17(18-9-5-4-6-10-18)21(25)14-13-20-19(22-15-16-23(20)28-22)11-7-2-3-8-12-24(26)27/h2-10,17,19-23,25H,11-16H2,1H3,(H,26,27)/t17?,19-,20+,21?,22-,23+/m0/s1. The Morgan fingerprint density at radius 1 is 1.14 bits per heavy atom. The summed E-state index contributed by atoms with van der Waals surface area (Å²) in [5.41, 5.74) is 1.19. The molecule has 2 heterocycles. The third-order valence-electron chi connectivity index (χ3n) is 6.37. The lowest BCUT2D eigenvalue weighted by molar-refractivity contribution is -0.136. The van der Waals surface area contributed by atoms with Gasteiger partial charge in [0.1, 0.15) is 0 Å². The summed E-state index contributed by atoms with van der Waals surface area (Å²) in [5, 5.41) is 19.3. The first-order chi connectivity index (χ1) is 13.6. The highest BCUT2D eigenvalue weighted by Crippen LogP contribution is 2.47. The van der Waals surface area contributed by atoms with Gasteiger partial charge >= 0.3 is 5.97 Å². The minimum atomic E-state index is -0.811. The van der Waals surface area contributed by atoms with E-state index >= 15 is 0 Å². The minimum absolute atomic E-state index is 0.0572. The van der Waals surface area contributed by atoms with Gasteiger partial charge in [-0.1, -0.05) is 61.6 Å². The predicted octanol–water partition coefficient (Wildman–Crippen LogP) is 4.70. The summed E-state index contributed by atoms with van der Waals surface area (Å²) in [6.45, 7) is 2.10. The molecule has 3 rings (SSSR count). The van der Waals surface area contributed by atoms with Gasteiger partial charge < -0.3 is 14.9 Å². The third-order valence-corrected chi connectivity index (χ3v) is 6.37. The van der Waals surface area contributed by atoms with E-state index in [9.17, 15) is 9.90 Å². The zero-order valence-corrected chi connectivity index (χ0v) is 16.6. The van der Waals surface area contributed by atoms with E-state index in [1.54, 1.807) is 6.08 Å². The van der Waals surface area contributed by atoms with Crippen molar-refractivity contribution in [3.05, 3.63) is 60.2 Å². The average Bonchev–Trinajstić information content (AvgIpc) is 3.30. The number of carboxylic acids is 1. The molecule has 2 saturated heterocycles. The molecule has 1 aromatic carbocycles. The molecule has 2 fully saturated rings. The van der Waals surface area contributed by atoms with E-state index in [0.717, 1.165) is 32.1 Å². The number of rotatable bonds is 10. The van der Waals surface area contributed by atoms with Crippen LogP contribution in [0, 0.1) is 11.8 Å². The first kappa shape index (κ1) is 20.8. The first-order valence-electron chi connectivity index (χ1n) is 10.5. The van der Waals surface area contributed by atoms with Crippen LogP contribution in [0.3, 0.4) is 0 Å². The van der Waals surface area contributed by atoms with Crippen LogP contribution in [-0.4, -0.2) is 34.5 Å². The monoisotopic (exact) mass is 384 g/mol. The molecular formula is C24H32O4. The van der Waals surface area contributed by atoms with Crippen molar-refractivity contribution in [2.45, 2.75) is 69.7 Å². The Balaban J connectivity index is 1.51. The second kappa shape index (κ2) is 10.0. The molecule has 0 radical (unpaired) electrons. The van der Waals surface area contributed by atoms with Crippen molar-refractivity contribution in [3.8, 4) is 0 Å². The number of carbonyl (C=O) groups is 1. The summed E-state index contributed by atoms with van der Waals surface area (Å²) in [6, 6.07) is 10.2. The van der Waals surface area contributed by atoms with Crippen LogP contribution in [0.15, 0.2) is 54.6 Å². The van der Waals surface area contributed by atoms with Gasteiger partial charge in [-0.2, -0.15) is 0 Å². The number of aliphatic hydroxyl groups is 1. The lowest BCUT2D eigenvalue weighted by atomic mass is 9.74. The number of hydrogen-bond acceptors (Lipinski definition) is 3. The summed E-state index contributed by atoms with van der Waals surface area (Å²) in [4.78, 5) is 10.5. The van der Waals surface area contributed by atoms with Gasteiger partial charge in [0.15, 0.2) is 0 Å². The Morgan fingerprint density at radius 3 is 2.54 bits per heavy atom. The summed E-state index contributed by atoms with van der Waals surface area (Å²) < 4.78 is 6.17. The van der Waals surface area contributed by atoms with Crippen LogP contribution in [0.2, 0.25) is 0 Å². The van der Waals surface area contributed by atoms with Crippen molar-refractivity contribution in [2.75, 3.05) is 0 Å². The van der Waals surface area contributed by atoms with E-state index in [2.05, 4.69) is 25.1 Å². The second-order valence-corrected chi connectivity index (χ2v) is 8.15. The maximum atomic E-state index is 10.7. The first-order valence-corrected chi connectivity index (χ1v) is 10.5. The van der Waals surface area contributed by atoms with E-state index in [0.29, 0.717) is 24.0 Å². The van der Waals surface area contributed by atoms with Crippen LogP contribution in [0.4, 0.5) is 0 Å². The third kappa shape index (κ3) is 5.33. The Bertz CT molecular complexity index is 681. The maximum Gasteiger partial charge on any atom is 0.307 e. The predicted molar refractivity (Wildman–Crippen MR) is 110 cm³/mol. The SMILES string of the molecule is CC(c1ccccc1)C(O)CC[C@@H]1[C@H](CC=CC=CCC(=O)O)[C@@H]2CC[C@H]1O2. The zero-order chi connectivity index (χ0) is 19.9. The molecule has 0 saturated carbocycles. The van der Waals surface area contributed by atoms with Gasteiger partial charge in [0.05, 0.1) is 24.7 Å². The number of aliphatic hydroxyl groups excluding tert-OH is 1. The van der Waals surface area contributed by atoms with Crippen molar-refractivity contribution in [3.63, 3.8) is 0 Å². The van der Waals surface area contributed by atoms with Gasteiger partial charge in [0.2, 0.25) is 0 Å². The van der Waals surface area contributed by atoms with Crippen molar-refractivity contribution in [1.29, 1.82) is 0 Å². The minimum Gasteiger partial charge on any atom is -0.481 e. The van der Waals surface area contributed by atoms with E-state index in [1.165, 1.54) is 5.56 Å². The van der Waals surface area contributed by atoms with E-state index in [-0.39, 0.29) is 18.4 Å². The number of aliphatic carboxylic acids is 1. The Morgan fingerprint density at radius 2 is 1.82 bits per heavy atom. The van der Waals surface area contributed by atoms with Gasteiger partial charge in [0.25, 0.3) is 0 Å². The summed E-state index contributed by atoms with van der Waals surface area (Å²) in [7, 11) is 0. The van der Waals surface area contributed by atoms with Crippen LogP contribution < -0.4 is 0 Å². The molecule has 0 aliphatic carbocycles. The van der Waals surface area contributed by atoms with Crippen molar-refractivity contribution >= 4 is 5.97 Å². The molecule has 4 heteroatoms. The van der Waals surface area contributed by atoms with Crippen LogP contribution in [0.5, 0.6) is 0 Å². The van der Waals surface area contributed by atoms with E-state index in [1.807, 2.05) is 30.4 Å². The molecule has 2 unspecified atom stereocenters. The quantitative estimate of drug-likeness (QED) is 0.574. The van der Waals surface area contributed by atoms with Crippen molar-refractivity contribution in [2.24, 2.45) is 11.8 Å². The molecule has 28 heavy (non-hydrogen) atoms. The molecule has 152 valence electrons. The Kier molecular flexibility index (Phi) is 7.46. The second-order valence-electron chi connectivity index (χ2n) is 8.15.